The summed E-state index contributed by atoms with van der Waals surface area (Å²) in [4.78, 5) is 0. The summed E-state index contributed by atoms with van der Waals surface area (Å²) in [5.41, 5.74) is 3.36. The number of nitrogens with zero attached hydrogens (tertiary/aromatic N) is 1. The fourth-order valence-electron chi connectivity index (χ4n) is 1.25. The molecule has 1 saturated heterocycles. The SMILES string of the molecule is CCCCCNN1CNCNC1. The lowest BCUT2D eigenvalue weighted by atomic mass is 10.2. The van der Waals surface area contributed by atoms with Crippen LogP contribution in [0, 0.1) is 0 Å². The van der Waals surface area contributed by atoms with Crippen LogP contribution in [0.1, 0.15) is 26.2 Å². The van der Waals surface area contributed by atoms with Crippen molar-refractivity contribution in [1.82, 2.24) is 21.1 Å². The quantitative estimate of drug-likeness (QED) is 0.512. The van der Waals surface area contributed by atoms with Gasteiger partial charge in [0.15, 0.2) is 0 Å². The maximum atomic E-state index is 3.36. The van der Waals surface area contributed by atoms with Crippen molar-refractivity contribution in [1.29, 1.82) is 0 Å². The zero-order valence-corrected chi connectivity index (χ0v) is 7.90. The topological polar surface area (TPSA) is 39.3 Å². The van der Waals surface area contributed by atoms with Gasteiger partial charge in [-0.25, -0.2) is 5.01 Å². The summed E-state index contributed by atoms with van der Waals surface area (Å²) in [6.45, 7) is 6.13. The van der Waals surface area contributed by atoms with E-state index >= 15 is 0 Å². The van der Waals surface area contributed by atoms with E-state index in [1.165, 1.54) is 19.3 Å². The van der Waals surface area contributed by atoms with Crippen molar-refractivity contribution < 1.29 is 0 Å². The second-order valence-electron chi connectivity index (χ2n) is 3.15. The van der Waals surface area contributed by atoms with Gasteiger partial charge in [0.25, 0.3) is 0 Å². The molecule has 0 bridgehead atoms. The van der Waals surface area contributed by atoms with Crippen molar-refractivity contribution in [2.75, 3.05) is 26.6 Å². The number of unbranched alkanes of at least 4 members (excludes halogenated alkanes) is 2. The maximum absolute atomic E-state index is 3.36. The monoisotopic (exact) mass is 172 g/mol. The minimum atomic E-state index is 0.924. The van der Waals surface area contributed by atoms with Crippen LogP contribution in [0.5, 0.6) is 0 Å². The van der Waals surface area contributed by atoms with E-state index in [0.29, 0.717) is 0 Å². The van der Waals surface area contributed by atoms with Gasteiger partial charge in [-0.3, -0.25) is 16.1 Å². The summed E-state index contributed by atoms with van der Waals surface area (Å²) in [5.74, 6) is 0. The van der Waals surface area contributed by atoms with Gasteiger partial charge >= 0.3 is 0 Å². The van der Waals surface area contributed by atoms with E-state index in [1.807, 2.05) is 0 Å². The third-order valence-corrected chi connectivity index (χ3v) is 1.97. The van der Waals surface area contributed by atoms with Crippen molar-refractivity contribution in [2.45, 2.75) is 26.2 Å². The molecule has 1 fully saturated rings. The second-order valence-corrected chi connectivity index (χ2v) is 3.15. The fraction of sp³-hybridized carbons (Fsp3) is 1.00. The van der Waals surface area contributed by atoms with Crippen molar-refractivity contribution >= 4 is 0 Å². The Labute approximate surface area is 74.7 Å². The lowest BCUT2D eigenvalue weighted by Crippen LogP contribution is -2.56. The molecule has 0 spiro atoms. The predicted molar refractivity (Wildman–Crippen MR) is 50.2 cm³/mol. The van der Waals surface area contributed by atoms with Crippen molar-refractivity contribution in [3.05, 3.63) is 0 Å². The summed E-state index contributed by atoms with van der Waals surface area (Å²) in [5, 5.41) is 8.62. The first-order valence-corrected chi connectivity index (χ1v) is 4.83. The molecule has 0 amide bonds. The minimum Gasteiger partial charge on any atom is -0.291 e. The highest BCUT2D eigenvalue weighted by atomic mass is 15.6. The fourth-order valence-corrected chi connectivity index (χ4v) is 1.25. The van der Waals surface area contributed by atoms with E-state index in [9.17, 15) is 0 Å². The molecule has 0 aromatic heterocycles. The van der Waals surface area contributed by atoms with E-state index in [4.69, 9.17) is 0 Å². The Morgan fingerprint density at radius 3 is 2.67 bits per heavy atom. The van der Waals surface area contributed by atoms with Crippen molar-refractivity contribution in [3.63, 3.8) is 0 Å². The van der Waals surface area contributed by atoms with Crippen LogP contribution in [0.2, 0.25) is 0 Å². The molecule has 4 heteroatoms. The number of hydrogen-bond donors (Lipinski definition) is 3. The van der Waals surface area contributed by atoms with Gasteiger partial charge in [0.05, 0.1) is 13.3 Å². The largest absolute Gasteiger partial charge is 0.291 e. The minimum absolute atomic E-state index is 0.924. The second kappa shape index (κ2) is 6.37. The van der Waals surface area contributed by atoms with Crippen molar-refractivity contribution in [2.24, 2.45) is 0 Å². The van der Waals surface area contributed by atoms with Crippen LogP contribution in [-0.2, 0) is 0 Å². The van der Waals surface area contributed by atoms with Gasteiger partial charge in [0.2, 0.25) is 0 Å². The standard InChI is InChI=1S/C8H20N4/c1-2-3-4-5-11-12-7-9-6-10-8-12/h9-11H,2-8H2,1H3. The molecule has 1 rings (SSSR count). The number of rotatable bonds is 5. The average Bonchev–Trinajstić information content (AvgIpc) is 2.14. The Hall–Kier alpha value is -0.160. The third-order valence-electron chi connectivity index (χ3n) is 1.97. The van der Waals surface area contributed by atoms with Gasteiger partial charge in [0, 0.05) is 13.2 Å². The molecule has 0 radical (unpaired) electrons. The Balaban J connectivity index is 1.91. The molecule has 0 atom stereocenters. The van der Waals surface area contributed by atoms with E-state index in [1.54, 1.807) is 0 Å². The average molecular weight is 172 g/mol. The molecule has 3 N–H and O–H groups in total. The molecular formula is C8H20N4. The van der Waals surface area contributed by atoms with Crippen LogP contribution < -0.4 is 16.1 Å². The Kier molecular flexibility index (Phi) is 5.27. The molecule has 1 heterocycles. The molecular weight excluding hydrogens is 152 g/mol. The van der Waals surface area contributed by atoms with E-state index in [-0.39, 0.29) is 0 Å². The van der Waals surface area contributed by atoms with Crippen LogP contribution in [0.15, 0.2) is 0 Å². The Morgan fingerprint density at radius 2 is 2.00 bits per heavy atom. The van der Waals surface area contributed by atoms with Gasteiger partial charge < -0.3 is 0 Å². The third kappa shape index (κ3) is 4.01. The first-order chi connectivity index (χ1) is 5.93. The summed E-state index contributed by atoms with van der Waals surface area (Å²) < 4.78 is 0. The Bertz CT molecular complexity index is 101. The summed E-state index contributed by atoms with van der Waals surface area (Å²) in [7, 11) is 0. The van der Waals surface area contributed by atoms with Crippen LogP contribution in [-0.4, -0.2) is 31.6 Å². The van der Waals surface area contributed by atoms with Gasteiger partial charge in [0.1, 0.15) is 0 Å². The first-order valence-electron chi connectivity index (χ1n) is 4.83. The number of hydrogen-bond acceptors (Lipinski definition) is 4. The summed E-state index contributed by atoms with van der Waals surface area (Å²) in [6, 6.07) is 0. The highest BCUT2D eigenvalue weighted by Gasteiger charge is 2.05. The molecule has 72 valence electrons. The molecule has 0 aromatic carbocycles. The van der Waals surface area contributed by atoms with Crippen LogP contribution >= 0.6 is 0 Å². The van der Waals surface area contributed by atoms with Gasteiger partial charge in [-0.2, -0.15) is 0 Å². The van der Waals surface area contributed by atoms with E-state index in [0.717, 1.165) is 26.6 Å². The molecule has 1 aliphatic rings. The molecule has 4 nitrogen and oxygen atoms in total. The normalized spacial score (nSPS) is 19.8. The molecule has 0 aliphatic carbocycles. The van der Waals surface area contributed by atoms with Gasteiger partial charge in [-0.15, -0.1) is 0 Å². The lowest BCUT2D eigenvalue weighted by molar-refractivity contribution is 0.125. The van der Waals surface area contributed by atoms with Crippen molar-refractivity contribution in [3.8, 4) is 0 Å². The highest BCUT2D eigenvalue weighted by molar-refractivity contribution is 4.55. The van der Waals surface area contributed by atoms with E-state index in [2.05, 4.69) is 28.0 Å². The van der Waals surface area contributed by atoms with E-state index < -0.39 is 0 Å². The Morgan fingerprint density at radius 1 is 1.25 bits per heavy atom. The molecule has 0 unspecified atom stereocenters. The molecule has 1 aliphatic heterocycles. The predicted octanol–water partition coefficient (Wildman–Crippen LogP) is 0.0485. The molecule has 12 heavy (non-hydrogen) atoms. The van der Waals surface area contributed by atoms with Crippen LogP contribution in [0.25, 0.3) is 0 Å². The van der Waals surface area contributed by atoms with Crippen LogP contribution in [0.4, 0.5) is 0 Å². The molecule has 0 aromatic rings. The molecule has 0 saturated carbocycles. The smallest absolute Gasteiger partial charge is 0.0645 e. The van der Waals surface area contributed by atoms with Gasteiger partial charge in [-0.1, -0.05) is 19.8 Å². The van der Waals surface area contributed by atoms with Crippen LogP contribution in [0.3, 0.4) is 0 Å². The first kappa shape index (κ1) is 9.92. The number of hydrazine groups is 1. The van der Waals surface area contributed by atoms with Gasteiger partial charge in [-0.05, 0) is 6.42 Å². The number of nitrogens with one attached hydrogen (secondary N) is 3. The maximum Gasteiger partial charge on any atom is 0.0645 e. The summed E-state index contributed by atoms with van der Waals surface area (Å²) >= 11 is 0. The summed E-state index contributed by atoms with van der Waals surface area (Å²) in [6.07, 6.45) is 3.88. The highest BCUT2D eigenvalue weighted by Crippen LogP contribution is 1.91. The zero-order valence-electron chi connectivity index (χ0n) is 7.90. The zero-order chi connectivity index (χ0) is 8.65. The lowest BCUT2D eigenvalue weighted by Gasteiger charge is -2.28.